The van der Waals surface area contributed by atoms with Crippen molar-refractivity contribution in [3.05, 3.63) is 41.2 Å². The fraction of sp³-hybridized carbons (Fsp3) is 0.235. The molecule has 0 bridgehead atoms. The van der Waals surface area contributed by atoms with Crippen molar-refractivity contribution in [3.63, 3.8) is 0 Å². The van der Waals surface area contributed by atoms with Crippen LogP contribution in [0.3, 0.4) is 0 Å². The topological polar surface area (TPSA) is 78.8 Å². The van der Waals surface area contributed by atoms with Crippen molar-refractivity contribution in [1.29, 1.82) is 5.26 Å². The van der Waals surface area contributed by atoms with Crippen LogP contribution in [0.2, 0.25) is 0 Å². The fourth-order valence-electron chi connectivity index (χ4n) is 2.75. The number of nitriles is 1. The summed E-state index contributed by atoms with van der Waals surface area (Å²) < 4.78 is 5.09. The van der Waals surface area contributed by atoms with E-state index < -0.39 is 5.97 Å². The average Bonchev–Trinajstić information content (AvgIpc) is 2.91. The van der Waals surface area contributed by atoms with Crippen LogP contribution in [0.15, 0.2) is 24.4 Å². The quantitative estimate of drug-likeness (QED) is 0.751. The van der Waals surface area contributed by atoms with Crippen molar-refractivity contribution >= 4 is 27.8 Å². The number of H-pyrrole nitrogens is 1. The van der Waals surface area contributed by atoms with E-state index in [9.17, 15) is 4.79 Å². The number of fused-ring (bicyclic) bond motifs is 3. The predicted molar refractivity (Wildman–Crippen MR) is 83.6 cm³/mol. The zero-order valence-corrected chi connectivity index (χ0v) is 12.4. The lowest BCUT2D eigenvalue weighted by atomic mass is 10.0. The molecule has 0 radical (unpaired) electrons. The van der Waals surface area contributed by atoms with E-state index in [1.54, 1.807) is 19.2 Å². The summed E-state index contributed by atoms with van der Waals surface area (Å²) in [4.78, 5) is 19.6. The highest BCUT2D eigenvalue weighted by Crippen LogP contribution is 2.30. The van der Waals surface area contributed by atoms with Gasteiger partial charge >= 0.3 is 5.97 Å². The Hall–Kier alpha value is -2.87. The normalized spacial score (nSPS) is 10.8. The van der Waals surface area contributed by atoms with Crippen LogP contribution in [-0.4, -0.2) is 22.5 Å². The van der Waals surface area contributed by atoms with E-state index >= 15 is 0 Å². The maximum atomic E-state index is 12.1. The first-order valence-corrected chi connectivity index (χ1v) is 7.20. The van der Waals surface area contributed by atoms with E-state index in [1.807, 2.05) is 19.1 Å². The number of aromatic nitrogens is 2. The molecule has 2 aromatic heterocycles. The van der Waals surface area contributed by atoms with E-state index in [4.69, 9.17) is 10.00 Å². The van der Waals surface area contributed by atoms with Gasteiger partial charge in [-0.2, -0.15) is 5.26 Å². The first-order chi connectivity index (χ1) is 10.7. The molecule has 0 saturated heterocycles. The van der Waals surface area contributed by atoms with Crippen LogP contribution in [0.4, 0.5) is 0 Å². The molecule has 0 aliphatic carbocycles. The van der Waals surface area contributed by atoms with Gasteiger partial charge in [0.1, 0.15) is 0 Å². The summed E-state index contributed by atoms with van der Waals surface area (Å²) in [6.45, 7) is 4.06. The SMILES string of the molecule is CCOC(=O)c1ncc2[nH]c3ccc(C#N)cc3c2c1CC. The minimum absolute atomic E-state index is 0.314. The largest absolute Gasteiger partial charge is 0.461 e. The van der Waals surface area contributed by atoms with Gasteiger partial charge in [0.2, 0.25) is 0 Å². The number of esters is 1. The second-order valence-corrected chi connectivity index (χ2v) is 4.95. The van der Waals surface area contributed by atoms with Gasteiger partial charge in [-0.05, 0) is 37.1 Å². The first kappa shape index (κ1) is 14.1. The standard InChI is InChI=1S/C17H15N3O2/c1-3-11-15-12-7-10(8-18)5-6-13(12)20-14(15)9-19-16(11)17(21)22-4-2/h5-7,9,20H,3-4H2,1-2H3. The number of rotatable bonds is 3. The van der Waals surface area contributed by atoms with Gasteiger partial charge in [0, 0.05) is 16.3 Å². The van der Waals surface area contributed by atoms with Crippen molar-refractivity contribution in [2.75, 3.05) is 6.61 Å². The predicted octanol–water partition coefficient (Wildman–Crippen LogP) is 3.33. The molecule has 110 valence electrons. The Morgan fingerprint density at radius 1 is 1.36 bits per heavy atom. The van der Waals surface area contributed by atoms with Gasteiger partial charge < -0.3 is 9.72 Å². The summed E-state index contributed by atoms with van der Waals surface area (Å²) in [6.07, 6.45) is 2.30. The number of pyridine rings is 1. The minimum atomic E-state index is -0.410. The smallest absolute Gasteiger partial charge is 0.357 e. The summed E-state index contributed by atoms with van der Waals surface area (Å²) in [7, 11) is 0. The Morgan fingerprint density at radius 2 is 2.18 bits per heavy atom. The molecule has 0 amide bonds. The lowest BCUT2D eigenvalue weighted by molar-refractivity contribution is 0.0518. The van der Waals surface area contributed by atoms with Gasteiger partial charge in [0.25, 0.3) is 0 Å². The number of carbonyl (C=O) groups is 1. The molecule has 2 heterocycles. The molecule has 0 fully saturated rings. The molecule has 5 heteroatoms. The molecule has 0 atom stereocenters. The molecule has 0 spiro atoms. The lowest BCUT2D eigenvalue weighted by Gasteiger charge is -2.08. The third-order valence-electron chi connectivity index (χ3n) is 3.69. The molecule has 0 aliphatic heterocycles. The molecule has 0 unspecified atom stereocenters. The molecule has 3 rings (SSSR count). The van der Waals surface area contributed by atoms with E-state index in [1.165, 1.54) is 0 Å². The second kappa shape index (κ2) is 5.49. The number of aromatic amines is 1. The number of aryl methyl sites for hydroxylation is 1. The van der Waals surface area contributed by atoms with Gasteiger partial charge in [-0.25, -0.2) is 9.78 Å². The summed E-state index contributed by atoms with van der Waals surface area (Å²) in [5.41, 5.74) is 3.56. The minimum Gasteiger partial charge on any atom is -0.461 e. The lowest BCUT2D eigenvalue weighted by Crippen LogP contribution is -2.10. The van der Waals surface area contributed by atoms with E-state index in [0.29, 0.717) is 24.3 Å². The number of carbonyl (C=O) groups excluding carboxylic acids is 1. The maximum Gasteiger partial charge on any atom is 0.357 e. The second-order valence-electron chi connectivity index (χ2n) is 4.95. The number of nitrogens with one attached hydrogen (secondary N) is 1. The summed E-state index contributed by atoms with van der Waals surface area (Å²) >= 11 is 0. The van der Waals surface area contributed by atoms with Crippen LogP contribution in [-0.2, 0) is 11.2 Å². The molecule has 22 heavy (non-hydrogen) atoms. The third-order valence-corrected chi connectivity index (χ3v) is 3.69. The van der Waals surface area contributed by atoms with Crippen LogP contribution in [0.1, 0.15) is 35.5 Å². The number of hydrogen-bond acceptors (Lipinski definition) is 4. The maximum absolute atomic E-state index is 12.1. The Kier molecular flexibility index (Phi) is 3.51. The van der Waals surface area contributed by atoms with Crippen molar-refractivity contribution < 1.29 is 9.53 Å². The molecule has 3 aromatic rings. The van der Waals surface area contributed by atoms with E-state index in [2.05, 4.69) is 16.0 Å². The van der Waals surface area contributed by atoms with Crippen molar-refractivity contribution in [2.24, 2.45) is 0 Å². The molecule has 0 saturated carbocycles. The van der Waals surface area contributed by atoms with E-state index in [-0.39, 0.29) is 0 Å². The van der Waals surface area contributed by atoms with Crippen LogP contribution in [0, 0.1) is 11.3 Å². The number of benzene rings is 1. The van der Waals surface area contributed by atoms with Crippen LogP contribution < -0.4 is 0 Å². The van der Waals surface area contributed by atoms with Gasteiger partial charge in [-0.15, -0.1) is 0 Å². The highest BCUT2D eigenvalue weighted by Gasteiger charge is 2.19. The van der Waals surface area contributed by atoms with Crippen LogP contribution >= 0.6 is 0 Å². The van der Waals surface area contributed by atoms with Crippen molar-refractivity contribution in [2.45, 2.75) is 20.3 Å². The van der Waals surface area contributed by atoms with Gasteiger partial charge in [0.05, 0.1) is 30.0 Å². The molecule has 5 nitrogen and oxygen atoms in total. The Labute approximate surface area is 127 Å². The number of ether oxygens (including phenoxy) is 1. The summed E-state index contributed by atoms with van der Waals surface area (Å²) in [5.74, 6) is -0.410. The molecule has 0 aliphatic rings. The van der Waals surface area contributed by atoms with Gasteiger partial charge in [-0.1, -0.05) is 6.92 Å². The summed E-state index contributed by atoms with van der Waals surface area (Å²) in [5, 5.41) is 11.0. The van der Waals surface area contributed by atoms with Crippen molar-refractivity contribution in [1.82, 2.24) is 9.97 Å². The average molecular weight is 293 g/mol. The molecule has 1 N–H and O–H groups in total. The number of hydrogen-bond donors (Lipinski definition) is 1. The van der Waals surface area contributed by atoms with Crippen LogP contribution in [0.25, 0.3) is 21.8 Å². The Bertz CT molecular complexity index is 919. The first-order valence-electron chi connectivity index (χ1n) is 7.20. The van der Waals surface area contributed by atoms with E-state index in [0.717, 1.165) is 27.4 Å². The van der Waals surface area contributed by atoms with Gasteiger partial charge in [-0.3, -0.25) is 0 Å². The Morgan fingerprint density at radius 3 is 2.86 bits per heavy atom. The molecular weight excluding hydrogens is 278 g/mol. The highest BCUT2D eigenvalue weighted by molar-refractivity contribution is 6.11. The zero-order chi connectivity index (χ0) is 15.7. The monoisotopic (exact) mass is 293 g/mol. The number of nitrogens with zero attached hydrogens (tertiary/aromatic N) is 2. The molecule has 1 aromatic carbocycles. The zero-order valence-electron chi connectivity index (χ0n) is 12.4. The summed E-state index contributed by atoms with van der Waals surface area (Å²) in [6, 6.07) is 7.62. The van der Waals surface area contributed by atoms with Gasteiger partial charge in [0.15, 0.2) is 5.69 Å². The van der Waals surface area contributed by atoms with Crippen LogP contribution in [0.5, 0.6) is 0 Å². The third kappa shape index (κ3) is 2.09. The highest BCUT2D eigenvalue weighted by atomic mass is 16.5. The Balaban J connectivity index is 2.36. The molecular formula is C17H15N3O2. The fourth-order valence-corrected chi connectivity index (χ4v) is 2.75. The van der Waals surface area contributed by atoms with Crippen molar-refractivity contribution in [3.8, 4) is 6.07 Å².